The van der Waals surface area contributed by atoms with Crippen LogP contribution < -0.4 is 0 Å². The molecule has 0 aliphatic rings. The number of aliphatic hydroxyl groups excluding tert-OH is 1. The van der Waals surface area contributed by atoms with E-state index in [-0.39, 0.29) is 12.5 Å². The topological polar surface area (TPSA) is 40.5 Å². The second-order valence-electron chi connectivity index (χ2n) is 4.15. The molecule has 0 fully saturated rings. The average molecular weight is 267 g/mol. The first-order valence-electron chi connectivity index (χ1n) is 6.24. The number of rotatable bonds is 7. The first-order chi connectivity index (χ1) is 8.67. The van der Waals surface area contributed by atoms with E-state index >= 15 is 0 Å². The van der Waals surface area contributed by atoms with Crippen molar-refractivity contribution in [2.75, 3.05) is 19.4 Å². The minimum Gasteiger partial charge on any atom is -0.396 e. The van der Waals surface area contributed by atoms with Gasteiger partial charge in [-0.1, -0.05) is 19.1 Å². The Bertz CT molecular complexity index is 365. The van der Waals surface area contributed by atoms with Crippen molar-refractivity contribution in [3.8, 4) is 0 Å². The van der Waals surface area contributed by atoms with Gasteiger partial charge in [0.2, 0.25) is 5.91 Å². The number of thioether (sulfide) groups is 1. The number of carbonyl (C=O) groups excluding carboxylic acids is 1. The third kappa shape index (κ3) is 5.10. The molecule has 0 saturated heterocycles. The first-order valence-corrected chi connectivity index (χ1v) is 7.22. The molecule has 1 rings (SSSR count). The number of carbonyl (C=O) groups is 1. The van der Waals surface area contributed by atoms with E-state index in [0.29, 0.717) is 19.4 Å². The van der Waals surface area contributed by atoms with Crippen LogP contribution in [-0.4, -0.2) is 35.3 Å². The Balaban J connectivity index is 2.48. The lowest BCUT2D eigenvalue weighted by Crippen LogP contribution is -2.26. The zero-order valence-electron chi connectivity index (χ0n) is 11.1. The molecule has 0 spiro atoms. The summed E-state index contributed by atoms with van der Waals surface area (Å²) in [7, 11) is 1.80. The van der Waals surface area contributed by atoms with E-state index in [2.05, 4.69) is 31.2 Å². The molecular formula is C14H21NO2S. The van der Waals surface area contributed by atoms with Gasteiger partial charge in [-0.15, -0.1) is 11.8 Å². The van der Waals surface area contributed by atoms with E-state index in [1.54, 1.807) is 11.9 Å². The number of nitrogens with zero attached hydrogens (tertiary/aromatic N) is 1. The van der Waals surface area contributed by atoms with E-state index in [9.17, 15) is 4.79 Å². The summed E-state index contributed by atoms with van der Waals surface area (Å²) >= 11 is 1.81. The van der Waals surface area contributed by atoms with E-state index in [1.165, 1.54) is 4.90 Å². The van der Waals surface area contributed by atoms with Crippen LogP contribution in [0.25, 0.3) is 0 Å². The van der Waals surface area contributed by atoms with Crippen molar-refractivity contribution < 1.29 is 9.90 Å². The van der Waals surface area contributed by atoms with Gasteiger partial charge < -0.3 is 10.0 Å². The maximum atomic E-state index is 11.7. The average Bonchev–Trinajstić information content (AvgIpc) is 2.38. The van der Waals surface area contributed by atoms with Gasteiger partial charge in [0.15, 0.2) is 0 Å². The molecule has 0 aliphatic heterocycles. The molecule has 0 atom stereocenters. The van der Waals surface area contributed by atoms with Crippen LogP contribution in [0.15, 0.2) is 29.2 Å². The van der Waals surface area contributed by atoms with Crippen LogP contribution in [0.1, 0.15) is 25.3 Å². The van der Waals surface area contributed by atoms with Crippen LogP contribution in [0.4, 0.5) is 0 Å². The Morgan fingerprint density at radius 2 is 2.00 bits per heavy atom. The third-order valence-corrected chi connectivity index (χ3v) is 3.52. The zero-order valence-corrected chi connectivity index (χ0v) is 11.9. The number of aliphatic hydroxyl groups is 1. The summed E-state index contributed by atoms with van der Waals surface area (Å²) in [5.41, 5.74) is 1.13. The summed E-state index contributed by atoms with van der Waals surface area (Å²) in [5, 5.41) is 8.69. The van der Waals surface area contributed by atoms with E-state index in [1.807, 2.05) is 11.8 Å². The summed E-state index contributed by atoms with van der Waals surface area (Å²) in [5.74, 6) is 1.15. The van der Waals surface area contributed by atoms with Crippen molar-refractivity contribution in [3.63, 3.8) is 0 Å². The van der Waals surface area contributed by atoms with Gasteiger partial charge >= 0.3 is 0 Å². The van der Waals surface area contributed by atoms with Crippen LogP contribution in [0.5, 0.6) is 0 Å². The zero-order chi connectivity index (χ0) is 13.4. The Labute approximate surface area is 113 Å². The summed E-state index contributed by atoms with van der Waals surface area (Å²) < 4.78 is 0. The highest BCUT2D eigenvalue weighted by Gasteiger charge is 2.08. The van der Waals surface area contributed by atoms with Crippen molar-refractivity contribution in [3.05, 3.63) is 29.8 Å². The van der Waals surface area contributed by atoms with Gasteiger partial charge in [0.25, 0.3) is 0 Å². The summed E-state index contributed by atoms with van der Waals surface area (Å²) in [6.07, 6.45) is 0.950. The van der Waals surface area contributed by atoms with Crippen LogP contribution in [0.3, 0.4) is 0 Å². The maximum absolute atomic E-state index is 11.7. The largest absolute Gasteiger partial charge is 0.396 e. The highest BCUT2D eigenvalue weighted by Crippen LogP contribution is 2.18. The van der Waals surface area contributed by atoms with Gasteiger partial charge in [-0.25, -0.2) is 0 Å². The van der Waals surface area contributed by atoms with Gasteiger partial charge in [-0.05, 0) is 29.9 Å². The molecule has 3 nitrogen and oxygen atoms in total. The predicted octanol–water partition coefficient (Wildman–Crippen LogP) is 2.53. The van der Waals surface area contributed by atoms with E-state index in [4.69, 9.17) is 5.11 Å². The molecule has 0 aliphatic carbocycles. The van der Waals surface area contributed by atoms with Gasteiger partial charge in [0.05, 0.1) is 0 Å². The van der Waals surface area contributed by atoms with Crippen molar-refractivity contribution in [2.24, 2.45) is 0 Å². The van der Waals surface area contributed by atoms with Crippen molar-refractivity contribution in [1.29, 1.82) is 0 Å². The van der Waals surface area contributed by atoms with Crippen LogP contribution in [0, 0.1) is 0 Å². The molecular weight excluding hydrogens is 246 g/mol. The molecule has 0 saturated carbocycles. The SMILES string of the molecule is CCSc1ccc(CN(C)C(=O)CCCO)cc1. The molecule has 1 aromatic carbocycles. The van der Waals surface area contributed by atoms with E-state index < -0.39 is 0 Å². The maximum Gasteiger partial charge on any atom is 0.222 e. The molecule has 4 heteroatoms. The molecule has 0 bridgehead atoms. The lowest BCUT2D eigenvalue weighted by Gasteiger charge is -2.17. The molecule has 0 aromatic heterocycles. The molecule has 1 N–H and O–H groups in total. The minimum atomic E-state index is 0.0719. The molecule has 0 heterocycles. The van der Waals surface area contributed by atoms with Gasteiger partial charge in [0.1, 0.15) is 0 Å². The quantitative estimate of drug-likeness (QED) is 0.772. The van der Waals surface area contributed by atoms with Crippen LogP contribution in [-0.2, 0) is 11.3 Å². The van der Waals surface area contributed by atoms with Crippen molar-refractivity contribution in [1.82, 2.24) is 4.90 Å². The standard InChI is InChI=1S/C14H21NO2S/c1-3-18-13-8-6-12(7-9-13)11-15(2)14(17)5-4-10-16/h6-9,16H,3-5,10-11H2,1-2H3. The Hall–Kier alpha value is -1.00. The number of benzene rings is 1. The normalized spacial score (nSPS) is 10.4. The van der Waals surface area contributed by atoms with Gasteiger partial charge in [-0.2, -0.15) is 0 Å². The monoisotopic (exact) mass is 267 g/mol. The predicted molar refractivity (Wildman–Crippen MR) is 75.6 cm³/mol. The van der Waals surface area contributed by atoms with Crippen LogP contribution in [0.2, 0.25) is 0 Å². The summed E-state index contributed by atoms with van der Waals surface area (Å²) in [6.45, 7) is 2.83. The van der Waals surface area contributed by atoms with Gasteiger partial charge in [0, 0.05) is 31.5 Å². The lowest BCUT2D eigenvalue weighted by molar-refractivity contribution is -0.130. The fraction of sp³-hybridized carbons (Fsp3) is 0.500. The molecule has 18 heavy (non-hydrogen) atoms. The second-order valence-corrected chi connectivity index (χ2v) is 5.49. The molecule has 1 amide bonds. The highest BCUT2D eigenvalue weighted by molar-refractivity contribution is 7.99. The summed E-state index contributed by atoms with van der Waals surface area (Å²) in [4.78, 5) is 14.7. The lowest BCUT2D eigenvalue weighted by atomic mass is 10.2. The Kier molecular flexibility index (Phi) is 6.83. The Morgan fingerprint density at radius 3 is 2.56 bits per heavy atom. The second kappa shape index (κ2) is 8.16. The number of hydrogen-bond acceptors (Lipinski definition) is 3. The van der Waals surface area contributed by atoms with Gasteiger partial charge in [-0.3, -0.25) is 4.79 Å². The number of amides is 1. The molecule has 0 unspecified atom stereocenters. The number of hydrogen-bond donors (Lipinski definition) is 1. The highest BCUT2D eigenvalue weighted by atomic mass is 32.2. The van der Waals surface area contributed by atoms with Crippen LogP contribution >= 0.6 is 11.8 Å². The molecule has 1 aromatic rings. The van der Waals surface area contributed by atoms with Crippen molar-refractivity contribution in [2.45, 2.75) is 31.2 Å². The van der Waals surface area contributed by atoms with E-state index in [0.717, 1.165) is 11.3 Å². The first kappa shape index (κ1) is 15.1. The fourth-order valence-corrected chi connectivity index (χ4v) is 2.30. The smallest absolute Gasteiger partial charge is 0.222 e. The minimum absolute atomic E-state index is 0.0719. The molecule has 0 radical (unpaired) electrons. The Morgan fingerprint density at radius 1 is 1.33 bits per heavy atom. The van der Waals surface area contributed by atoms with Crippen molar-refractivity contribution >= 4 is 17.7 Å². The molecule has 100 valence electrons. The fourth-order valence-electron chi connectivity index (χ4n) is 1.64. The third-order valence-electron chi connectivity index (χ3n) is 2.63. The summed E-state index contributed by atoms with van der Waals surface area (Å²) in [6, 6.07) is 8.31.